The number of fused-ring (bicyclic) bond motifs is 1. The van der Waals surface area contributed by atoms with Crippen molar-refractivity contribution in [2.45, 2.75) is 13.8 Å². The quantitative estimate of drug-likeness (QED) is 0.391. The predicted octanol–water partition coefficient (Wildman–Crippen LogP) is 4.59. The minimum absolute atomic E-state index is 0.0950. The second-order valence-electron chi connectivity index (χ2n) is 6.72. The van der Waals surface area contributed by atoms with E-state index in [0.29, 0.717) is 21.8 Å². The number of nitrogens with zero attached hydrogens (tertiary/aromatic N) is 3. The molecule has 144 valence electrons. The molecule has 0 bridgehead atoms. The van der Waals surface area contributed by atoms with Crippen molar-refractivity contribution in [1.29, 1.82) is 0 Å². The monoisotopic (exact) mass is 402 g/mol. The van der Waals surface area contributed by atoms with Crippen molar-refractivity contribution in [1.82, 2.24) is 14.6 Å². The van der Waals surface area contributed by atoms with Gasteiger partial charge in [-0.3, -0.25) is 9.59 Å². The molecule has 29 heavy (non-hydrogen) atoms. The van der Waals surface area contributed by atoms with Gasteiger partial charge in [0.05, 0.1) is 22.3 Å². The lowest BCUT2D eigenvalue weighted by Gasteiger charge is -2.08. The van der Waals surface area contributed by atoms with E-state index in [9.17, 15) is 9.59 Å². The Hall–Kier alpha value is -3.58. The van der Waals surface area contributed by atoms with Crippen molar-refractivity contribution in [2.24, 2.45) is 0 Å². The second-order valence-corrected chi connectivity index (χ2v) is 7.67. The summed E-state index contributed by atoms with van der Waals surface area (Å²) in [5.41, 5.74) is 4.19. The highest BCUT2D eigenvalue weighted by atomic mass is 32.1. The van der Waals surface area contributed by atoms with Crippen LogP contribution in [-0.4, -0.2) is 26.3 Å². The molecule has 0 aliphatic heterocycles. The number of benzene rings is 1. The molecule has 0 radical (unpaired) electrons. The minimum atomic E-state index is -0.176. The zero-order valence-corrected chi connectivity index (χ0v) is 16.7. The molecule has 3 heterocycles. The molecular formula is C22H18N4O2S. The van der Waals surface area contributed by atoms with Crippen molar-refractivity contribution in [2.75, 3.05) is 5.32 Å². The summed E-state index contributed by atoms with van der Waals surface area (Å²) in [6.07, 6.45) is 4.76. The maximum atomic E-state index is 12.8. The number of aromatic nitrogens is 3. The van der Waals surface area contributed by atoms with Gasteiger partial charge in [0.2, 0.25) is 11.7 Å². The number of carbonyl (C=O) groups excluding carboxylic acids is 2. The largest absolute Gasteiger partial charge is 0.322 e. The van der Waals surface area contributed by atoms with Crippen LogP contribution >= 0.6 is 11.3 Å². The second kappa shape index (κ2) is 7.81. The van der Waals surface area contributed by atoms with Crippen LogP contribution in [0.5, 0.6) is 0 Å². The molecule has 4 rings (SSSR count). The molecule has 0 saturated carbocycles. The SMILES string of the molecule is CC(C)=CC(=O)Nc1cccc(-c2ccnc3c(C(=O)c4cccs4)cnn23)c1. The molecule has 0 saturated heterocycles. The molecule has 0 spiro atoms. The number of nitrogens with one attached hydrogen (secondary N) is 1. The van der Waals surface area contributed by atoms with Crippen molar-refractivity contribution in [3.05, 3.63) is 82.3 Å². The van der Waals surface area contributed by atoms with E-state index >= 15 is 0 Å². The third kappa shape index (κ3) is 3.86. The lowest BCUT2D eigenvalue weighted by molar-refractivity contribution is -0.111. The van der Waals surface area contributed by atoms with Gasteiger partial charge in [0.15, 0.2) is 5.65 Å². The maximum absolute atomic E-state index is 12.8. The number of ketones is 1. The fourth-order valence-electron chi connectivity index (χ4n) is 3.01. The number of anilines is 1. The van der Waals surface area contributed by atoms with E-state index in [1.807, 2.05) is 55.6 Å². The summed E-state index contributed by atoms with van der Waals surface area (Å²) in [7, 11) is 0. The molecule has 1 aromatic carbocycles. The number of allylic oxidation sites excluding steroid dienone is 1. The van der Waals surface area contributed by atoms with Crippen LogP contribution in [0.2, 0.25) is 0 Å². The zero-order chi connectivity index (χ0) is 20.4. The summed E-state index contributed by atoms with van der Waals surface area (Å²) >= 11 is 1.39. The van der Waals surface area contributed by atoms with Crippen LogP contribution in [0.1, 0.15) is 29.1 Å². The molecule has 1 N–H and O–H groups in total. The highest BCUT2D eigenvalue weighted by Gasteiger charge is 2.18. The molecule has 0 atom stereocenters. The molecule has 3 aromatic heterocycles. The van der Waals surface area contributed by atoms with Gasteiger partial charge in [0.1, 0.15) is 0 Å². The van der Waals surface area contributed by atoms with Gasteiger partial charge < -0.3 is 5.32 Å². The molecule has 1 amide bonds. The van der Waals surface area contributed by atoms with Gasteiger partial charge in [-0.05, 0) is 43.5 Å². The average molecular weight is 402 g/mol. The average Bonchev–Trinajstić information content (AvgIpc) is 3.37. The molecular weight excluding hydrogens is 384 g/mol. The number of rotatable bonds is 5. The molecule has 7 heteroatoms. The summed E-state index contributed by atoms with van der Waals surface area (Å²) in [6, 6.07) is 12.9. The van der Waals surface area contributed by atoms with E-state index in [1.54, 1.807) is 29.1 Å². The number of hydrogen-bond acceptors (Lipinski definition) is 5. The van der Waals surface area contributed by atoms with Crippen molar-refractivity contribution in [3.8, 4) is 11.3 Å². The van der Waals surface area contributed by atoms with E-state index in [2.05, 4.69) is 15.4 Å². The Labute approximate surface area is 171 Å². The van der Waals surface area contributed by atoms with Gasteiger partial charge in [0.25, 0.3) is 0 Å². The summed E-state index contributed by atoms with van der Waals surface area (Å²) in [5, 5.41) is 9.12. The first kappa shape index (κ1) is 18.8. The normalized spacial score (nSPS) is 10.7. The fourth-order valence-corrected chi connectivity index (χ4v) is 3.69. The minimum Gasteiger partial charge on any atom is -0.322 e. The molecule has 0 aliphatic rings. The summed E-state index contributed by atoms with van der Waals surface area (Å²) in [4.78, 5) is 29.8. The van der Waals surface area contributed by atoms with Crippen molar-refractivity contribution in [3.63, 3.8) is 0 Å². The van der Waals surface area contributed by atoms with Crippen LogP contribution in [0.3, 0.4) is 0 Å². The zero-order valence-electron chi connectivity index (χ0n) is 15.9. The van der Waals surface area contributed by atoms with Gasteiger partial charge in [-0.2, -0.15) is 5.10 Å². The predicted molar refractivity (Wildman–Crippen MR) is 114 cm³/mol. The summed E-state index contributed by atoms with van der Waals surface area (Å²) in [5.74, 6) is -0.271. The molecule has 4 aromatic rings. The van der Waals surface area contributed by atoms with Gasteiger partial charge in [0, 0.05) is 23.5 Å². The Kier molecular flexibility index (Phi) is 5.05. The summed E-state index contributed by atoms with van der Waals surface area (Å²) in [6.45, 7) is 3.74. The highest BCUT2D eigenvalue weighted by molar-refractivity contribution is 7.12. The summed E-state index contributed by atoms with van der Waals surface area (Å²) < 4.78 is 1.65. The first-order valence-corrected chi connectivity index (χ1v) is 9.88. The Balaban J connectivity index is 1.72. The number of amides is 1. The standard InChI is InChI=1S/C22H18N4O2S/c1-14(2)11-20(27)25-16-6-3-5-15(12-16)18-8-9-23-22-17(13-24-26(18)22)21(28)19-7-4-10-29-19/h3-13H,1-2H3,(H,25,27). The smallest absolute Gasteiger partial charge is 0.248 e. The van der Waals surface area contributed by atoms with Crippen LogP contribution < -0.4 is 5.32 Å². The molecule has 6 nitrogen and oxygen atoms in total. The van der Waals surface area contributed by atoms with Crippen LogP contribution in [0, 0.1) is 0 Å². The van der Waals surface area contributed by atoms with Crippen LogP contribution in [0.25, 0.3) is 16.9 Å². The van der Waals surface area contributed by atoms with Crippen molar-refractivity contribution >= 4 is 34.4 Å². The van der Waals surface area contributed by atoms with Crippen molar-refractivity contribution < 1.29 is 9.59 Å². The molecule has 0 unspecified atom stereocenters. The highest BCUT2D eigenvalue weighted by Crippen LogP contribution is 2.25. The lowest BCUT2D eigenvalue weighted by Crippen LogP contribution is -2.08. The third-order valence-corrected chi connectivity index (χ3v) is 5.11. The lowest BCUT2D eigenvalue weighted by atomic mass is 10.1. The van der Waals surface area contributed by atoms with Gasteiger partial charge in [-0.25, -0.2) is 9.50 Å². The van der Waals surface area contributed by atoms with Gasteiger partial charge in [-0.15, -0.1) is 11.3 Å². The Morgan fingerprint density at radius 2 is 2.00 bits per heavy atom. The first-order valence-electron chi connectivity index (χ1n) is 9.00. The van der Waals surface area contributed by atoms with Gasteiger partial charge in [-0.1, -0.05) is 23.8 Å². The Bertz CT molecular complexity index is 1230. The van der Waals surface area contributed by atoms with E-state index in [4.69, 9.17) is 0 Å². The fraction of sp³-hybridized carbons (Fsp3) is 0.0909. The number of thiophene rings is 1. The van der Waals surface area contributed by atoms with E-state index in [-0.39, 0.29) is 11.7 Å². The molecule has 0 fully saturated rings. The van der Waals surface area contributed by atoms with Crippen LogP contribution in [-0.2, 0) is 4.79 Å². The van der Waals surface area contributed by atoms with Crippen LogP contribution in [0.4, 0.5) is 5.69 Å². The Morgan fingerprint density at radius 1 is 1.14 bits per heavy atom. The Morgan fingerprint density at radius 3 is 2.76 bits per heavy atom. The third-order valence-electron chi connectivity index (χ3n) is 4.24. The first-order chi connectivity index (χ1) is 14.0. The number of carbonyl (C=O) groups is 2. The maximum Gasteiger partial charge on any atom is 0.248 e. The van der Waals surface area contributed by atoms with Gasteiger partial charge >= 0.3 is 0 Å². The number of hydrogen-bond donors (Lipinski definition) is 1. The molecule has 0 aliphatic carbocycles. The van der Waals surface area contributed by atoms with E-state index < -0.39 is 0 Å². The topological polar surface area (TPSA) is 76.4 Å². The van der Waals surface area contributed by atoms with E-state index in [0.717, 1.165) is 16.8 Å². The van der Waals surface area contributed by atoms with Crippen LogP contribution in [0.15, 0.2) is 71.9 Å². The van der Waals surface area contributed by atoms with E-state index in [1.165, 1.54) is 11.3 Å².